The smallest absolute Gasteiger partial charge is 0.240 e. The van der Waals surface area contributed by atoms with Gasteiger partial charge < -0.3 is 4.90 Å². The summed E-state index contributed by atoms with van der Waals surface area (Å²) in [6, 6.07) is 20.4. The van der Waals surface area contributed by atoms with Gasteiger partial charge in [0.05, 0.1) is 23.6 Å². The van der Waals surface area contributed by atoms with Crippen LogP contribution in [0.2, 0.25) is 5.02 Å². The van der Waals surface area contributed by atoms with Crippen LogP contribution in [0, 0.1) is 11.8 Å². The second-order valence-corrected chi connectivity index (χ2v) is 10.0. The van der Waals surface area contributed by atoms with Gasteiger partial charge in [-0.1, -0.05) is 57.9 Å². The van der Waals surface area contributed by atoms with Crippen LogP contribution in [0.1, 0.15) is 27.5 Å². The van der Waals surface area contributed by atoms with Gasteiger partial charge in [0.2, 0.25) is 11.8 Å². The first kappa shape index (κ1) is 21.3. The van der Waals surface area contributed by atoms with Gasteiger partial charge in [0.15, 0.2) is 5.78 Å². The van der Waals surface area contributed by atoms with Crippen molar-refractivity contribution in [3.05, 3.63) is 105 Å². The number of nitrogens with zero attached hydrogens (tertiary/aromatic N) is 2. The summed E-state index contributed by atoms with van der Waals surface area (Å²) >= 11 is 9.46. The first-order valence-electron chi connectivity index (χ1n) is 10.9. The Morgan fingerprint density at radius 2 is 1.62 bits per heavy atom. The van der Waals surface area contributed by atoms with Gasteiger partial charge in [-0.05, 0) is 59.7 Å². The molecule has 2 amide bonds. The number of hydrogen-bond acceptors (Lipinski definition) is 4. The zero-order valence-corrected chi connectivity index (χ0v) is 20.1. The van der Waals surface area contributed by atoms with E-state index in [0.29, 0.717) is 16.3 Å². The lowest BCUT2D eigenvalue weighted by atomic mass is 9.83. The molecule has 7 heteroatoms. The van der Waals surface area contributed by atoms with Crippen LogP contribution in [0.15, 0.2) is 83.5 Å². The maximum atomic E-state index is 13.8. The van der Waals surface area contributed by atoms with E-state index < -0.39 is 23.9 Å². The molecule has 3 aromatic carbocycles. The average Bonchev–Trinajstić information content (AvgIpc) is 3.31. The van der Waals surface area contributed by atoms with Crippen molar-refractivity contribution in [2.45, 2.75) is 12.1 Å². The molecule has 3 heterocycles. The monoisotopic (exact) mass is 532 g/mol. The quantitative estimate of drug-likeness (QED) is 0.330. The van der Waals surface area contributed by atoms with Crippen molar-refractivity contribution in [2.75, 3.05) is 4.90 Å². The van der Waals surface area contributed by atoms with E-state index >= 15 is 0 Å². The third-order valence-corrected chi connectivity index (χ3v) is 7.67. The number of hydrogen-bond donors (Lipinski definition) is 0. The predicted molar refractivity (Wildman–Crippen MR) is 133 cm³/mol. The Balaban J connectivity index is 1.50. The zero-order valence-electron chi connectivity index (χ0n) is 17.8. The summed E-state index contributed by atoms with van der Waals surface area (Å²) < 4.78 is 0.768. The number of benzene rings is 3. The Labute approximate surface area is 209 Å². The van der Waals surface area contributed by atoms with Gasteiger partial charge in [0, 0.05) is 21.3 Å². The molecule has 34 heavy (non-hydrogen) atoms. The van der Waals surface area contributed by atoms with Crippen LogP contribution >= 0.6 is 27.5 Å². The molecule has 4 atom stereocenters. The predicted octanol–water partition coefficient (Wildman–Crippen LogP) is 5.50. The van der Waals surface area contributed by atoms with Crippen molar-refractivity contribution < 1.29 is 14.4 Å². The second-order valence-electron chi connectivity index (χ2n) is 8.70. The molecule has 0 N–H and O–H groups in total. The highest BCUT2D eigenvalue weighted by Gasteiger charge is 2.64. The molecule has 0 bridgehead atoms. The van der Waals surface area contributed by atoms with Crippen molar-refractivity contribution in [1.82, 2.24) is 4.90 Å². The minimum absolute atomic E-state index is 0.199. The van der Waals surface area contributed by atoms with Gasteiger partial charge in [-0.25, -0.2) is 4.90 Å². The first-order valence-corrected chi connectivity index (χ1v) is 12.1. The molecule has 1 unspecified atom stereocenters. The van der Waals surface area contributed by atoms with Gasteiger partial charge >= 0.3 is 0 Å². The van der Waals surface area contributed by atoms with Crippen LogP contribution in [0.25, 0.3) is 6.08 Å². The lowest BCUT2D eigenvalue weighted by molar-refractivity contribution is -0.123. The molecule has 3 aliphatic rings. The van der Waals surface area contributed by atoms with E-state index in [1.807, 2.05) is 47.5 Å². The molecule has 0 aromatic heterocycles. The van der Waals surface area contributed by atoms with E-state index in [2.05, 4.69) is 15.9 Å². The van der Waals surface area contributed by atoms with Gasteiger partial charge in [-0.3, -0.25) is 14.4 Å². The van der Waals surface area contributed by atoms with E-state index in [1.165, 1.54) is 4.90 Å². The number of halogens is 2. The average molecular weight is 534 g/mol. The van der Waals surface area contributed by atoms with Crippen molar-refractivity contribution >= 4 is 56.9 Å². The second kappa shape index (κ2) is 7.93. The van der Waals surface area contributed by atoms with Crippen molar-refractivity contribution in [3.8, 4) is 0 Å². The summed E-state index contributed by atoms with van der Waals surface area (Å²) in [7, 11) is 0. The standard InChI is InChI=1S/C27H18BrClN2O3/c28-17-5-3-6-19(14-17)31-26(33)21-22(27(31)34)24(25(32)16-8-10-18(29)11-9-16)30-13-12-15-4-1-2-7-20(15)23(21)30/h1-14,21-24H/t21-,22+,23?,24-/m0/s1. The Bertz CT molecular complexity index is 1390. The minimum atomic E-state index is -0.797. The fourth-order valence-corrected chi connectivity index (χ4v) is 6.02. The number of fused-ring (bicyclic) bond motifs is 5. The molecule has 2 fully saturated rings. The minimum Gasteiger partial charge on any atom is -0.358 e. The number of anilines is 1. The van der Waals surface area contributed by atoms with Crippen LogP contribution in [0.5, 0.6) is 0 Å². The Hall–Kier alpha value is -3.22. The molecule has 5 nitrogen and oxygen atoms in total. The molecule has 0 spiro atoms. The highest BCUT2D eigenvalue weighted by atomic mass is 79.9. The van der Waals surface area contributed by atoms with Gasteiger partial charge in [-0.2, -0.15) is 0 Å². The van der Waals surface area contributed by atoms with E-state index in [0.717, 1.165) is 15.6 Å². The van der Waals surface area contributed by atoms with E-state index in [9.17, 15) is 14.4 Å². The molecule has 0 radical (unpaired) electrons. The maximum Gasteiger partial charge on any atom is 0.240 e. The number of carbonyl (C=O) groups is 3. The highest BCUT2D eigenvalue weighted by Crippen LogP contribution is 2.53. The number of Topliss-reactive ketones (excluding diaryl/α,β-unsaturated/α-hetero) is 1. The van der Waals surface area contributed by atoms with Crippen molar-refractivity contribution in [3.63, 3.8) is 0 Å². The fourth-order valence-electron chi connectivity index (χ4n) is 5.51. The number of amides is 2. The lowest BCUT2D eigenvalue weighted by Crippen LogP contribution is -2.44. The molecule has 168 valence electrons. The van der Waals surface area contributed by atoms with Crippen LogP contribution in [0.4, 0.5) is 5.69 Å². The fraction of sp³-hybridized carbons (Fsp3) is 0.148. The number of rotatable bonds is 3. The number of ketones is 1. The zero-order chi connectivity index (χ0) is 23.6. The Morgan fingerprint density at radius 1 is 0.882 bits per heavy atom. The third-order valence-electron chi connectivity index (χ3n) is 6.93. The summed E-state index contributed by atoms with van der Waals surface area (Å²) in [5, 5.41) is 0.526. The molecular weight excluding hydrogens is 516 g/mol. The molecule has 3 aliphatic heterocycles. The Kier molecular flexibility index (Phi) is 4.97. The number of carbonyl (C=O) groups excluding carboxylic acids is 3. The largest absolute Gasteiger partial charge is 0.358 e. The summed E-state index contributed by atoms with van der Waals surface area (Å²) in [6.07, 6.45) is 3.80. The van der Waals surface area contributed by atoms with E-state index in [1.54, 1.807) is 42.5 Å². The molecular formula is C27H18BrClN2O3. The van der Waals surface area contributed by atoms with Crippen LogP contribution < -0.4 is 4.90 Å². The Morgan fingerprint density at radius 3 is 2.38 bits per heavy atom. The number of imide groups is 1. The maximum absolute atomic E-state index is 13.8. The summed E-state index contributed by atoms with van der Waals surface area (Å²) in [5.41, 5.74) is 2.90. The molecule has 6 rings (SSSR count). The third kappa shape index (κ3) is 3.09. The van der Waals surface area contributed by atoms with E-state index in [4.69, 9.17) is 11.6 Å². The summed E-state index contributed by atoms with van der Waals surface area (Å²) in [4.78, 5) is 44.6. The molecule has 0 aliphatic carbocycles. The molecule has 0 saturated carbocycles. The first-order chi connectivity index (χ1) is 16.5. The molecule has 2 saturated heterocycles. The van der Waals surface area contributed by atoms with Crippen molar-refractivity contribution in [1.29, 1.82) is 0 Å². The summed E-state index contributed by atoms with van der Waals surface area (Å²) in [5.74, 6) is -2.29. The van der Waals surface area contributed by atoms with Crippen LogP contribution in [0.3, 0.4) is 0 Å². The van der Waals surface area contributed by atoms with Gasteiger partial charge in [0.1, 0.15) is 6.04 Å². The SMILES string of the molecule is O=C(c1ccc(Cl)cc1)[C@@H]1[C@@H]2C(=O)N(c3cccc(Br)c3)C(=O)[C@@H]2C2c3ccccc3C=CN21. The van der Waals surface area contributed by atoms with Crippen LogP contribution in [-0.2, 0) is 9.59 Å². The topological polar surface area (TPSA) is 57.7 Å². The van der Waals surface area contributed by atoms with E-state index in [-0.39, 0.29) is 17.6 Å². The summed E-state index contributed by atoms with van der Waals surface area (Å²) in [6.45, 7) is 0. The van der Waals surface area contributed by atoms with Gasteiger partial charge in [-0.15, -0.1) is 0 Å². The molecule has 3 aromatic rings. The van der Waals surface area contributed by atoms with Crippen molar-refractivity contribution in [2.24, 2.45) is 11.8 Å². The van der Waals surface area contributed by atoms with Gasteiger partial charge in [0.25, 0.3) is 0 Å². The normalized spacial score (nSPS) is 24.8. The highest BCUT2D eigenvalue weighted by molar-refractivity contribution is 9.10. The lowest BCUT2D eigenvalue weighted by Gasteiger charge is -2.35. The van der Waals surface area contributed by atoms with Crippen LogP contribution in [-0.4, -0.2) is 28.5 Å².